The van der Waals surface area contributed by atoms with Crippen molar-refractivity contribution in [3.05, 3.63) is 0 Å². The standard InChI is InChI=1S/C10H16O4/c1-3-8-7(6-9(11)13-2)4-5-14-10(8)12/h7-8H,3-6H2,1-2H3/t7-,8+/m0/s1. The first-order chi connectivity index (χ1) is 6.69. The minimum atomic E-state index is -0.247. The number of ether oxygens (including phenoxy) is 2. The summed E-state index contributed by atoms with van der Waals surface area (Å²) in [6.07, 6.45) is 1.81. The first-order valence-electron chi connectivity index (χ1n) is 4.92. The lowest BCUT2D eigenvalue weighted by molar-refractivity contribution is -0.158. The third-order valence-electron chi connectivity index (χ3n) is 2.70. The summed E-state index contributed by atoms with van der Waals surface area (Å²) >= 11 is 0. The van der Waals surface area contributed by atoms with Crippen LogP contribution >= 0.6 is 0 Å². The Morgan fingerprint density at radius 3 is 2.93 bits per heavy atom. The summed E-state index contributed by atoms with van der Waals surface area (Å²) < 4.78 is 9.53. The van der Waals surface area contributed by atoms with Crippen molar-refractivity contribution in [2.75, 3.05) is 13.7 Å². The molecule has 0 aromatic heterocycles. The number of cyclic esters (lactones) is 1. The fourth-order valence-electron chi connectivity index (χ4n) is 1.85. The Bertz CT molecular complexity index is 224. The summed E-state index contributed by atoms with van der Waals surface area (Å²) in [6, 6.07) is 0. The lowest BCUT2D eigenvalue weighted by Crippen LogP contribution is -2.33. The first-order valence-corrected chi connectivity index (χ1v) is 4.92. The van der Waals surface area contributed by atoms with Gasteiger partial charge in [-0.25, -0.2) is 0 Å². The van der Waals surface area contributed by atoms with Gasteiger partial charge < -0.3 is 9.47 Å². The normalized spacial score (nSPS) is 26.9. The minimum Gasteiger partial charge on any atom is -0.469 e. The van der Waals surface area contributed by atoms with Gasteiger partial charge in [0.05, 0.1) is 19.6 Å². The summed E-state index contributed by atoms with van der Waals surface area (Å²) in [5, 5.41) is 0. The van der Waals surface area contributed by atoms with Crippen LogP contribution in [0, 0.1) is 11.8 Å². The van der Waals surface area contributed by atoms with Gasteiger partial charge in [0.1, 0.15) is 0 Å². The maximum Gasteiger partial charge on any atom is 0.309 e. The molecule has 0 aromatic rings. The zero-order chi connectivity index (χ0) is 10.6. The SMILES string of the molecule is CC[C@H]1C(=O)OCC[C@H]1CC(=O)OC. The van der Waals surface area contributed by atoms with E-state index in [1.54, 1.807) is 0 Å². The highest BCUT2D eigenvalue weighted by molar-refractivity contribution is 5.75. The zero-order valence-electron chi connectivity index (χ0n) is 8.62. The molecule has 0 aromatic carbocycles. The van der Waals surface area contributed by atoms with Crippen molar-refractivity contribution >= 4 is 11.9 Å². The van der Waals surface area contributed by atoms with Crippen LogP contribution in [-0.2, 0) is 19.1 Å². The fraction of sp³-hybridized carbons (Fsp3) is 0.800. The van der Waals surface area contributed by atoms with Crippen LogP contribution in [0.2, 0.25) is 0 Å². The van der Waals surface area contributed by atoms with Gasteiger partial charge in [-0.1, -0.05) is 6.92 Å². The molecule has 4 nitrogen and oxygen atoms in total. The maximum absolute atomic E-state index is 11.3. The van der Waals surface area contributed by atoms with E-state index in [4.69, 9.17) is 4.74 Å². The second-order valence-corrected chi connectivity index (χ2v) is 3.51. The molecular weight excluding hydrogens is 184 g/mol. The van der Waals surface area contributed by atoms with Crippen LogP contribution in [0.4, 0.5) is 0 Å². The summed E-state index contributed by atoms with van der Waals surface area (Å²) in [4.78, 5) is 22.4. The molecule has 4 heteroatoms. The maximum atomic E-state index is 11.3. The molecule has 1 fully saturated rings. The molecule has 1 heterocycles. The van der Waals surface area contributed by atoms with Gasteiger partial charge in [0.15, 0.2) is 0 Å². The van der Waals surface area contributed by atoms with Gasteiger partial charge in [-0.15, -0.1) is 0 Å². The molecule has 0 amide bonds. The molecule has 1 saturated heterocycles. The average molecular weight is 200 g/mol. The first kappa shape index (κ1) is 11.0. The molecule has 1 aliphatic rings. The average Bonchev–Trinajstić information content (AvgIpc) is 2.18. The number of esters is 2. The smallest absolute Gasteiger partial charge is 0.309 e. The molecule has 2 atom stereocenters. The van der Waals surface area contributed by atoms with E-state index in [1.807, 2.05) is 6.92 Å². The Balaban J connectivity index is 2.56. The monoisotopic (exact) mass is 200 g/mol. The number of carbonyl (C=O) groups excluding carboxylic acids is 2. The van der Waals surface area contributed by atoms with E-state index in [1.165, 1.54) is 7.11 Å². The van der Waals surface area contributed by atoms with Crippen LogP contribution in [0.25, 0.3) is 0 Å². The van der Waals surface area contributed by atoms with Crippen molar-refractivity contribution in [1.29, 1.82) is 0 Å². The van der Waals surface area contributed by atoms with E-state index in [9.17, 15) is 9.59 Å². The predicted molar refractivity (Wildman–Crippen MR) is 49.5 cm³/mol. The summed E-state index contributed by atoms with van der Waals surface area (Å²) in [7, 11) is 1.37. The number of carbonyl (C=O) groups is 2. The molecule has 0 N–H and O–H groups in total. The van der Waals surface area contributed by atoms with Gasteiger partial charge in [0, 0.05) is 6.42 Å². The Hall–Kier alpha value is -1.06. The second-order valence-electron chi connectivity index (χ2n) is 3.51. The molecular formula is C10H16O4. The highest BCUT2D eigenvalue weighted by Gasteiger charge is 2.33. The van der Waals surface area contributed by atoms with E-state index < -0.39 is 0 Å². The van der Waals surface area contributed by atoms with Gasteiger partial charge >= 0.3 is 11.9 Å². The molecule has 80 valence electrons. The number of hydrogen-bond donors (Lipinski definition) is 0. The van der Waals surface area contributed by atoms with Crippen LogP contribution < -0.4 is 0 Å². The van der Waals surface area contributed by atoms with E-state index >= 15 is 0 Å². The van der Waals surface area contributed by atoms with Crippen LogP contribution in [0.5, 0.6) is 0 Å². The Kier molecular flexibility index (Phi) is 3.92. The van der Waals surface area contributed by atoms with Crippen molar-refractivity contribution in [3.63, 3.8) is 0 Å². The van der Waals surface area contributed by atoms with E-state index in [0.29, 0.717) is 13.0 Å². The minimum absolute atomic E-state index is 0.0914. The molecule has 0 saturated carbocycles. The third-order valence-corrected chi connectivity index (χ3v) is 2.70. The van der Waals surface area contributed by atoms with Crippen molar-refractivity contribution < 1.29 is 19.1 Å². The lowest BCUT2D eigenvalue weighted by atomic mass is 9.83. The molecule has 14 heavy (non-hydrogen) atoms. The van der Waals surface area contributed by atoms with Crippen LogP contribution in [0.3, 0.4) is 0 Å². The predicted octanol–water partition coefficient (Wildman–Crippen LogP) is 1.14. The molecule has 1 rings (SSSR count). The molecule has 0 radical (unpaired) electrons. The molecule has 0 spiro atoms. The van der Waals surface area contributed by atoms with Crippen LogP contribution in [0.1, 0.15) is 26.2 Å². The van der Waals surface area contributed by atoms with Crippen molar-refractivity contribution in [3.8, 4) is 0 Å². The number of hydrogen-bond acceptors (Lipinski definition) is 4. The Labute approximate surface area is 83.6 Å². The van der Waals surface area contributed by atoms with Gasteiger partial charge in [-0.05, 0) is 18.8 Å². The summed E-state index contributed by atoms with van der Waals surface area (Å²) in [6.45, 7) is 2.36. The highest BCUT2D eigenvalue weighted by atomic mass is 16.5. The van der Waals surface area contributed by atoms with Gasteiger partial charge in [0.2, 0.25) is 0 Å². The van der Waals surface area contributed by atoms with Gasteiger partial charge in [0.25, 0.3) is 0 Å². The topological polar surface area (TPSA) is 52.6 Å². The number of rotatable bonds is 3. The van der Waals surface area contributed by atoms with Gasteiger partial charge in [-0.3, -0.25) is 9.59 Å². The molecule has 0 aliphatic carbocycles. The van der Waals surface area contributed by atoms with Crippen molar-refractivity contribution in [2.24, 2.45) is 11.8 Å². The molecule has 0 bridgehead atoms. The van der Waals surface area contributed by atoms with Crippen molar-refractivity contribution in [1.82, 2.24) is 0 Å². The van der Waals surface area contributed by atoms with Crippen LogP contribution in [-0.4, -0.2) is 25.7 Å². The second kappa shape index (κ2) is 4.98. The quantitative estimate of drug-likeness (QED) is 0.641. The molecule has 1 aliphatic heterocycles. The Morgan fingerprint density at radius 1 is 1.64 bits per heavy atom. The third kappa shape index (κ3) is 2.47. The zero-order valence-corrected chi connectivity index (χ0v) is 8.62. The van der Waals surface area contributed by atoms with Crippen molar-refractivity contribution in [2.45, 2.75) is 26.2 Å². The van der Waals surface area contributed by atoms with E-state index in [2.05, 4.69) is 4.74 Å². The number of methoxy groups -OCH3 is 1. The largest absolute Gasteiger partial charge is 0.469 e. The summed E-state index contributed by atoms with van der Waals surface area (Å²) in [5.41, 5.74) is 0. The van der Waals surface area contributed by atoms with Gasteiger partial charge in [-0.2, -0.15) is 0 Å². The Morgan fingerprint density at radius 2 is 2.36 bits per heavy atom. The molecule has 0 unspecified atom stereocenters. The fourth-order valence-corrected chi connectivity index (χ4v) is 1.85. The highest BCUT2D eigenvalue weighted by Crippen LogP contribution is 2.28. The summed E-state index contributed by atoms with van der Waals surface area (Å²) in [5.74, 6) is -0.465. The van der Waals surface area contributed by atoms with E-state index in [0.717, 1.165) is 12.8 Å². The lowest BCUT2D eigenvalue weighted by Gasteiger charge is -2.28. The van der Waals surface area contributed by atoms with E-state index in [-0.39, 0.29) is 23.8 Å². The van der Waals surface area contributed by atoms with Crippen LogP contribution in [0.15, 0.2) is 0 Å².